The van der Waals surface area contributed by atoms with Gasteiger partial charge in [-0.05, 0) is 0 Å². The van der Waals surface area contributed by atoms with E-state index in [0.717, 1.165) is 0 Å². The van der Waals surface area contributed by atoms with E-state index in [1.54, 1.807) is 0 Å². The molecule has 0 heterocycles. The molecule has 6 heteroatoms. The van der Waals surface area contributed by atoms with E-state index < -0.39 is 0 Å². The standard InChI is InChI=1S/4ClH.2Po/h4*1H;;/p-4. The molecule has 4 radical (unpaired) electrons. The Hall–Kier alpha value is 2.95. The van der Waals surface area contributed by atoms with Crippen molar-refractivity contribution in [3.05, 3.63) is 0 Å². The van der Waals surface area contributed by atoms with Crippen LogP contribution in [0.3, 0.4) is 0 Å². The van der Waals surface area contributed by atoms with Crippen molar-refractivity contribution >= 4 is 53.1 Å². The molecular weight excluding hydrogens is 560 g/mol. The van der Waals surface area contributed by atoms with E-state index in [2.05, 4.69) is 0 Å². The molecule has 0 aliphatic heterocycles. The summed E-state index contributed by atoms with van der Waals surface area (Å²) < 4.78 is 0. The van der Waals surface area contributed by atoms with E-state index in [1.807, 2.05) is 0 Å². The molecule has 0 aromatic rings. The minimum atomic E-state index is 0. The summed E-state index contributed by atoms with van der Waals surface area (Å²) >= 11 is 0. The van der Waals surface area contributed by atoms with Gasteiger partial charge in [0, 0.05) is 53.1 Å². The average molecular weight is 560 g/mol. The van der Waals surface area contributed by atoms with Crippen LogP contribution in [0.5, 0.6) is 0 Å². The molecule has 0 fully saturated rings. The normalized spacial score (nSPS) is 0. The zero-order valence-corrected chi connectivity index (χ0v) is 11.7. The van der Waals surface area contributed by atoms with Crippen LogP contribution < -0.4 is 49.6 Å². The number of hydrogen-bond acceptors (Lipinski definition) is 0. The molecule has 0 amide bonds. The molecule has 0 aromatic heterocycles. The van der Waals surface area contributed by atoms with Gasteiger partial charge in [-0.15, -0.1) is 0 Å². The van der Waals surface area contributed by atoms with Crippen LogP contribution in [0.15, 0.2) is 0 Å². The maximum Gasteiger partial charge on any atom is 0 e. The molecule has 0 nitrogen and oxygen atoms in total. The van der Waals surface area contributed by atoms with Crippen LogP contribution in [-0.4, -0.2) is 53.1 Å². The number of halogens is 4. The van der Waals surface area contributed by atoms with Gasteiger partial charge in [-0.25, -0.2) is 0 Å². The van der Waals surface area contributed by atoms with Gasteiger partial charge in [0.05, 0.1) is 0 Å². The van der Waals surface area contributed by atoms with Crippen LogP contribution in [0.4, 0.5) is 0 Å². The van der Waals surface area contributed by atoms with Crippen molar-refractivity contribution in [1.82, 2.24) is 0 Å². The molecule has 0 bridgehead atoms. The van der Waals surface area contributed by atoms with Crippen molar-refractivity contribution in [3.63, 3.8) is 0 Å². The molecule has 0 rings (SSSR count). The third-order valence-electron chi connectivity index (χ3n) is 0. The van der Waals surface area contributed by atoms with Gasteiger partial charge in [0.2, 0.25) is 0 Å². The SMILES string of the molecule is [Cl-].[Cl-].[Cl-].[Cl-].[Po].[Po]. The van der Waals surface area contributed by atoms with Gasteiger partial charge < -0.3 is 49.6 Å². The van der Waals surface area contributed by atoms with Crippen molar-refractivity contribution in [1.29, 1.82) is 0 Å². The summed E-state index contributed by atoms with van der Waals surface area (Å²) in [4.78, 5) is 0. The Bertz CT molecular complexity index is 5.51. The maximum atomic E-state index is 0. The van der Waals surface area contributed by atoms with Gasteiger partial charge in [0.1, 0.15) is 0 Å². The van der Waals surface area contributed by atoms with Gasteiger partial charge in [-0.2, -0.15) is 0 Å². The quantitative estimate of drug-likeness (QED) is 0.277. The Kier molecular flexibility index (Phi) is 477. The molecule has 0 unspecified atom stereocenters. The first-order valence-corrected chi connectivity index (χ1v) is 0. The fourth-order valence-electron chi connectivity index (χ4n) is 0. The van der Waals surface area contributed by atoms with E-state index in [4.69, 9.17) is 0 Å². The predicted octanol–water partition coefficient (Wildman–Crippen LogP) is -12.7. The average Bonchev–Trinajstić information content (AvgIpc) is 0. The first-order chi connectivity index (χ1) is 0. The summed E-state index contributed by atoms with van der Waals surface area (Å²) in [5.41, 5.74) is 0. The second-order valence-corrected chi connectivity index (χ2v) is 0. The fraction of sp³-hybridized carbons (Fsp3) is 0. The molecule has 0 N–H and O–H groups in total. The molecule has 0 spiro atoms. The second-order valence-electron chi connectivity index (χ2n) is 0. The Balaban J connectivity index is 0. The number of rotatable bonds is 0. The Labute approximate surface area is 101 Å². The first-order valence-electron chi connectivity index (χ1n) is 0. The van der Waals surface area contributed by atoms with Gasteiger partial charge in [-0.1, -0.05) is 0 Å². The molecule has 0 aliphatic carbocycles. The summed E-state index contributed by atoms with van der Waals surface area (Å²) in [7, 11) is 0. The largest absolute Gasteiger partial charge is 1.00 e. The second kappa shape index (κ2) is 44.1. The van der Waals surface area contributed by atoms with E-state index in [9.17, 15) is 0 Å². The van der Waals surface area contributed by atoms with Crippen molar-refractivity contribution < 1.29 is 49.6 Å². The van der Waals surface area contributed by atoms with Crippen LogP contribution in [-0.2, 0) is 0 Å². The van der Waals surface area contributed by atoms with E-state index in [1.165, 1.54) is 0 Å². The van der Waals surface area contributed by atoms with Gasteiger partial charge >= 0.3 is 0 Å². The third kappa shape index (κ3) is 28.3. The van der Waals surface area contributed by atoms with Gasteiger partial charge in [0.15, 0.2) is 0 Å². The monoisotopic (exact) mass is 558 g/mol. The topological polar surface area (TPSA) is 0 Å². The van der Waals surface area contributed by atoms with Crippen LogP contribution in [0.1, 0.15) is 0 Å². The fourth-order valence-corrected chi connectivity index (χ4v) is 0. The smallest absolute Gasteiger partial charge is 0 e. The molecule has 0 atom stereocenters. The first kappa shape index (κ1) is 65.0. The van der Waals surface area contributed by atoms with E-state index >= 15 is 0 Å². The minimum absolute atomic E-state index is 0. The molecule has 0 saturated carbocycles. The third-order valence-corrected chi connectivity index (χ3v) is 0. The molecule has 6 heavy (non-hydrogen) atoms. The zero-order valence-electron chi connectivity index (χ0n) is 2.33. The molecule has 0 aliphatic rings. The van der Waals surface area contributed by atoms with E-state index in [0.29, 0.717) is 0 Å². The van der Waals surface area contributed by atoms with Crippen LogP contribution >= 0.6 is 0 Å². The summed E-state index contributed by atoms with van der Waals surface area (Å²) in [5.74, 6) is 0. The van der Waals surface area contributed by atoms with E-state index in [-0.39, 0.29) is 103 Å². The van der Waals surface area contributed by atoms with Crippen molar-refractivity contribution in [2.75, 3.05) is 0 Å². The van der Waals surface area contributed by atoms with Gasteiger partial charge in [0.25, 0.3) is 0 Å². The summed E-state index contributed by atoms with van der Waals surface area (Å²) in [6, 6.07) is 0. The van der Waals surface area contributed by atoms with Crippen molar-refractivity contribution in [2.45, 2.75) is 0 Å². The summed E-state index contributed by atoms with van der Waals surface area (Å²) in [6.45, 7) is 0. The molecule has 0 aromatic carbocycles. The maximum absolute atomic E-state index is 0. The summed E-state index contributed by atoms with van der Waals surface area (Å²) in [6.07, 6.45) is 0. The number of hydrogen-bond donors (Lipinski definition) is 0. The molecular formula is Cl4Po2-4. The van der Waals surface area contributed by atoms with Crippen molar-refractivity contribution in [3.8, 4) is 0 Å². The van der Waals surface area contributed by atoms with Crippen LogP contribution in [0.2, 0.25) is 0 Å². The van der Waals surface area contributed by atoms with Crippen LogP contribution in [0, 0.1) is 0 Å². The van der Waals surface area contributed by atoms with Crippen molar-refractivity contribution in [2.24, 2.45) is 0 Å². The Morgan fingerprint density at radius 3 is 0.333 bits per heavy atom. The summed E-state index contributed by atoms with van der Waals surface area (Å²) in [5, 5.41) is 0. The predicted molar refractivity (Wildman–Crippen MR) is 11.5 cm³/mol. The van der Waals surface area contributed by atoms with Crippen LogP contribution in [0.25, 0.3) is 0 Å². The zero-order chi connectivity index (χ0) is 0. The molecule has 44 valence electrons. The minimum Gasteiger partial charge on any atom is -1.00 e. The Morgan fingerprint density at radius 1 is 0.333 bits per heavy atom. The Morgan fingerprint density at radius 2 is 0.333 bits per heavy atom. The van der Waals surface area contributed by atoms with Gasteiger partial charge in [-0.3, -0.25) is 0 Å². The molecule has 0 saturated heterocycles.